The average Bonchev–Trinajstić information content (AvgIpc) is 2.43. The van der Waals surface area contributed by atoms with E-state index >= 15 is 0 Å². The maximum Gasteiger partial charge on any atom is 0.410 e. The van der Waals surface area contributed by atoms with Gasteiger partial charge in [0.25, 0.3) is 5.69 Å². The first-order valence-corrected chi connectivity index (χ1v) is 8.45. The van der Waals surface area contributed by atoms with E-state index in [0.717, 1.165) is 0 Å². The molecule has 0 aliphatic carbocycles. The highest BCUT2D eigenvalue weighted by Crippen LogP contribution is 2.33. The summed E-state index contributed by atoms with van der Waals surface area (Å²) in [5, 5.41) is 11.5. The Labute approximate surface area is 149 Å². The molecule has 0 bridgehead atoms. The molecule has 1 aromatic rings. The van der Waals surface area contributed by atoms with E-state index in [1.807, 2.05) is 27.7 Å². The number of rotatable bonds is 5. The molecule has 0 saturated heterocycles. The van der Waals surface area contributed by atoms with Gasteiger partial charge in [0.15, 0.2) is 0 Å². The number of pyridine rings is 1. The van der Waals surface area contributed by atoms with Crippen LogP contribution in [0, 0.1) is 10.1 Å². The predicted molar refractivity (Wildman–Crippen MR) is 96.8 cm³/mol. The summed E-state index contributed by atoms with van der Waals surface area (Å²) < 4.78 is 5.34. The monoisotopic (exact) mass is 351 g/mol. The summed E-state index contributed by atoms with van der Waals surface area (Å²) in [4.78, 5) is 29.2. The molecule has 1 heterocycles. The highest BCUT2D eigenvalue weighted by Gasteiger charge is 2.27. The Bertz CT molecular complexity index is 619. The fourth-order valence-electron chi connectivity index (χ4n) is 2.41. The van der Waals surface area contributed by atoms with Crippen LogP contribution in [0.2, 0.25) is 0 Å². The minimum absolute atomic E-state index is 0.0218. The lowest BCUT2D eigenvalue weighted by Gasteiger charge is -2.25. The minimum Gasteiger partial charge on any atom is -0.444 e. The first-order chi connectivity index (χ1) is 11.3. The zero-order chi connectivity index (χ0) is 19.5. The lowest BCUT2D eigenvalue weighted by Crippen LogP contribution is -2.34. The van der Waals surface area contributed by atoms with Crippen molar-refractivity contribution in [3.05, 3.63) is 33.1 Å². The molecule has 0 aliphatic heterocycles. The zero-order valence-corrected chi connectivity index (χ0v) is 16.4. The van der Waals surface area contributed by atoms with Crippen LogP contribution in [0.1, 0.15) is 77.3 Å². The number of nitrogens with zero attached hydrogens (tertiary/aromatic N) is 3. The molecule has 0 N–H and O–H groups in total. The average molecular weight is 351 g/mol. The summed E-state index contributed by atoms with van der Waals surface area (Å²) in [6.45, 7) is 13.2. The molecule has 0 spiro atoms. The van der Waals surface area contributed by atoms with Crippen molar-refractivity contribution >= 4 is 11.8 Å². The highest BCUT2D eigenvalue weighted by atomic mass is 16.6. The summed E-state index contributed by atoms with van der Waals surface area (Å²) in [6.07, 6.45) is -0.454. The molecule has 0 fully saturated rings. The van der Waals surface area contributed by atoms with Crippen molar-refractivity contribution in [2.75, 3.05) is 7.05 Å². The van der Waals surface area contributed by atoms with Gasteiger partial charge >= 0.3 is 6.09 Å². The molecule has 1 amide bonds. The molecule has 0 aliphatic rings. The second kappa shape index (κ2) is 7.80. The van der Waals surface area contributed by atoms with E-state index in [4.69, 9.17) is 4.74 Å². The topological polar surface area (TPSA) is 85.6 Å². The molecule has 140 valence electrons. The van der Waals surface area contributed by atoms with Gasteiger partial charge in [-0.05, 0) is 32.8 Å². The number of aromatic nitrogens is 1. The van der Waals surface area contributed by atoms with E-state index in [9.17, 15) is 14.9 Å². The second-order valence-corrected chi connectivity index (χ2v) is 7.84. The Hall–Kier alpha value is -2.18. The van der Waals surface area contributed by atoms with Crippen molar-refractivity contribution in [1.82, 2.24) is 9.88 Å². The molecule has 0 saturated carbocycles. The van der Waals surface area contributed by atoms with Crippen LogP contribution in [-0.4, -0.2) is 33.5 Å². The van der Waals surface area contributed by atoms with Crippen molar-refractivity contribution in [1.29, 1.82) is 0 Å². The van der Waals surface area contributed by atoms with Crippen LogP contribution in [-0.2, 0) is 11.3 Å². The molecule has 7 heteroatoms. The van der Waals surface area contributed by atoms with Crippen LogP contribution >= 0.6 is 0 Å². The number of ether oxygens (including phenoxy) is 1. The molecule has 0 radical (unpaired) electrons. The van der Waals surface area contributed by atoms with Gasteiger partial charge in [0, 0.05) is 18.5 Å². The van der Waals surface area contributed by atoms with Crippen molar-refractivity contribution in [3.8, 4) is 0 Å². The van der Waals surface area contributed by atoms with Gasteiger partial charge in [0.05, 0.1) is 17.2 Å². The zero-order valence-electron chi connectivity index (χ0n) is 16.4. The van der Waals surface area contributed by atoms with Gasteiger partial charge in [-0.15, -0.1) is 0 Å². The SMILES string of the molecule is CC(C)c1cc(CN(C)C(=O)OC(C)(C)C)nc(C(C)C)c1[N+](=O)[O-]. The first kappa shape index (κ1) is 20.9. The van der Waals surface area contributed by atoms with E-state index in [1.165, 1.54) is 4.90 Å². The Morgan fingerprint density at radius 2 is 1.84 bits per heavy atom. The Morgan fingerprint density at radius 1 is 1.28 bits per heavy atom. The number of hydrogen-bond acceptors (Lipinski definition) is 5. The van der Waals surface area contributed by atoms with E-state index in [2.05, 4.69) is 4.98 Å². The third kappa shape index (κ3) is 5.69. The maximum absolute atomic E-state index is 12.1. The fraction of sp³-hybridized carbons (Fsp3) is 0.667. The fourth-order valence-corrected chi connectivity index (χ4v) is 2.41. The highest BCUT2D eigenvalue weighted by molar-refractivity contribution is 5.67. The Kier molecular flexibility index (Phi) is 6.51. The van der Waals surface area contributed by atoms with Gasteiger partial charge < -0.3 is 9.64 Å². The van der Waals surface area contributed by atoms with Crippen molar-refractivity contribution in [2.45, 2.75) is 72.4 Å². The van der Waals surface area contributed by atoms with Gasteiger partial charge in [-0.1, -0.05) is 27.7 Å². The summed E-state index contributed by atoms with van der Waals surface area (Å²) in [5.74, 6) is -0.115. The van der Waals surface area contributed by atoms with Gasteiger partial charge in [0.1, 0.15) is 11.3 Å². The van der Waals surface area contributed by atoms with Crippen LogP contribution in [0.15, 0.2) is 6.07 Å². The van der Waals surface area contributed by atoms with Crippen LogP contribution in [0.5, 0.6) is 0 Å². The molecular weight excluding hydrogens is 322 g/mol. The number of carbonyl (C=O) groups is 1. The Morgan fingerprint density at radius 3 is 2.24 bits per heavy atom. The number of carbonyl (C=O) groups excluding carboxylic acids is 1. The smallest absolute Gasteiger partial charge is 0.410 e. The number of nitro groups is 1. The molecule has 1 rings (SSSR count). The van der Waals surface area contributed by atoms with Crippen molar-refractivity contribution in [2.24, 2.45) is 0 Å². The molecule has 25 heavy (non-hydrogen) atoms. The summed E-state index contributed by atoms with van der Waals surface area (Å²) in [6, 6.07) is 1.72. The second-order valence-electron chi connectivity index (χ2n) is 7.84. The largest absolute Gasteiger partial charge is 0.444 e. The maximum atomic E-state index is 12.1. The van der Waals surface area contributed by atoms with Crippen LogP contribution in [0.3, 0.4) is 0 Å². The van der Waals surface area contributed by atoms with E-state index in [0.29, 0.717) is 17.0 Å². The minimum atomic E-state index is -0.583. The molecule has 0 aromatic carbocycles. The van der Waals surface area contributed by atoms with Crippen molar-refractivity contribution in [3.63, 3.8) is 0 Å². The number of hydrogen-bond donors (Lipinski definition) is 0. The van der Waals surface area contributed by atoms with Crippen LogP contribution in [0.25, 0.3) is 0 Å². The molecular formula is C18H29N3O4. The van der Waals surface area contributed by atoms with Crippen LogP contribution < -0.4 is 0 Å². The number of amides is 1. The van der Waals surface area contributed by atoms with Crippen LogP contribution in [0.4, 0.5) is 10.5 Å². The lowest BCUT2D eigenvalue weighted by atomic mass is 9.96. The van der Waals surface area contributed by atoms with E-state index in [-0.39, 0.29) is 29.0 Å². The summed E-state index contributed by atoms with van der Waals surface area (Å²) in [7, 11) is 1.63. The summed E-state index contributed by atoms with van der Waals surface area (Å²) >= 11 is 0. The molecule has 0 unspecified atom stereocenters. The standard InChI is InChI=1S/C18H29N3O4/c1-11(2)14-9-13(10-20(8)17(22)25-18(5,6)7)19-15(12(3)4)16(14)21(23)24/h9,11-12H,10H2,1-8H3. The third-order valence-corrected chi connectivity index (χ3v) is 3.56. The molecule has 0 atom stereocenters. The lowest BCUT2D eigenvalue weighted by molar-refractivity contribution is -0.386. The molecule has 1 aromatic heterocycles. The quantitative estimate of drug-likeness (QED) is 0.571. The normalized spacial score (nSPS) is 11.8. The third-order valence-electron chi connectivity index (χ3n) is 3.56. The van der Waals surface area contributed by atoms with Gasteiger partial charge in [-0.25, -0.2) is 9.78 Å². The predicted octanol–water partition coefficient (Wildman–Crippen LogP) is 4.60. The first-order valence-electron chi connectivity index (χ1n) is 8.45. The summed E-state index contributed by atoms with van der Waals surface area (Å²) in [5.41, 5.74) is 1.19. The molecule has 7 nitrogen and oxygen atoms in total. The van der Waals surface area contributed by atoms with E-state index < -0.39 is 11.7 Å². The van der Waals surface area contributed by atoms with Gasteiger partial charge in [0.2, 0.25) is 0 Å². The van der Waals surface area contributed by atoms with E-state index in [1.54, 1.807) is 33.9 Å². The van der Waals surface area contributed by atoms with Gasteiger partial charge in [-0.3, -0.25) is 10.1 Å². The van der Waals surface area contributed by atoms with Gasteiger partial charge in [-0.2, -0.15) is 0 Å². The Balaban J connectivity index is 3.25. The van der Waals surface area contributed by atoms with Crippen molar-refractivity contribution < 1.29 is 14.5 Å².